The van der Waals surface area contributed by atoms with Crippen molar-refractivity contribution in [3.05, 3.63) is 64.7 Å². The number of amidine groups is 1. The van der Waals surface area contributed by atoms with E-state index in [0.29, 0.717) is 31.0 Å². The minimum absolute atomic E-state index is 0.0466. The summed E-state index contributed by atoms with van der Waals surface area (Å²) in [6.07, 6.45) is 8.71. The van der Waals surface area contributed by atoms with Crippen LogP contribution in [0.1, 0.15) is 72.0 Å². The number of nitrogen functional groups attached to an aromatic ring is 1. The lowest BCUT2D eigenvalue weighted by Gasteiger charge is -2.32. The molecule has 33 heavy (non-hydrogen) atoms. The molecule has 2 aromatic rings. The first-order chi connectivity index (χ1) is 15.9. The van der Waals surface area contributed by atoms with Gasteiger partial charge in [0.05, 0.1) is 0 Å². The van der Waals surface area contributed by atoms with Crippen LogP contribution < -0.4 is 10.6 Å². The zero-order valence-corrected chi connectivity index (χ0v) is 19.5. The second-order valence-electron chi connectivity index (χ2n) is 9.31. The molecule has 0 unspecified atom stereocenters. The first-order valence-corrected chi connectivity index (χ1v) is 12.1. The predicted molar refractivity (Wildman–Crippen MR) is 132 cm³/mol. The molecule has 0 bridgehead atoms. The number of hydrogen-bond donors (Lipinski definition) is 2. The largest absolute Gasteiger partial charge is 0.384 e. The summed E-state index contributed by atoms with van der Waals surface area (Å²) < 4.78 is 0. The highest BCUT2D eigenvalue weighted by Gasteiger charge is 2.26. The molecule has 6 heteroatoms. The van der Waals surface area contributed by atoms with Gasteiger partial charge in [-0.05, 0) is 61.4 Å². The van der Waals surface area contributed by atoms with Crippen molar-refractivity contribution in [1.82, 2.24) is 4.90 Å². The molecule has 0 radical (unpaired) electrons. The molecule has 0 saturated heterocycles. The third kappa shape index (κ3) is 5.27. The Morgan fingerprint density at radius 3 is 2.42 bits per heavy atom. The fourth-order valence-corrected chi connectivity index (χ4v) is 5.06. The van der Waals surface area contributed by atoms with E-state index in [2.05, 4.69) is 0 Å². The number of fused-ring (bicyclic) bond motifs is 1. The fraction of sp³-hybridized carbons (Fsp3) is 0.444. The molecule has 2 aromatic carbocycles. The van der Waals surface area contributed by atoms with Crippen molar-refractivity contribution in [2.75, 3.05) is 18.5 Å². The number of amides is 2. The van der Waals surface area contributed by atoms with E-state index in [1.165, 1.54) is 19.3 Å². The summed E-state index contributed by atoms with van der Waals surface area (Å²) in [7, 11) is 1.93. The Kier molecular flexibility index (Phi) is 7.11. The molecule has 1 saturated carbocycles. The number of hydrogen-bond acceptors (Lipinski definition) is 3. The number of nitrogens with zero attached hydrogens (tertiary/aromatic N) is 2. The molecule has 4 rings (SSSR count). The summed E-state index contributed by atoms with van der Waals surface area (Å²) in [4.78, 5) is 29.9. The molecule has 174 valence electrons. The minimum atomic E-state index is 0.0466. The van der Waals surface area contributed by atoms with Gasteiger partial charge in [-0.1, -0.05) is 43.5 Å². The lowest BCUT2D eigenvalue weighted by molar-refractivity contribution is -0.118. The van der Waals surface area contributed by atoms with Gasteiger partial charge in [-0.15, -0.1) is 0 Å². The average Bonchev–Trinajstić information content (AvgIpc) is 2.86. The maximum absolute atomic E-state index is 13.1. The van der Waals surface area contributed by atoms with Crippen molar-refractivity contribution < 1.29 is 9.59 Å². The van der Waals surface area contributed by atoms with Gasteiger partial charge >= 0.3 is 0 Å². The van der Waals surface area contributed by atoms with Crippen LogP contribution in [0, 0.1) is 5.41 Å². The Labute approximate surface area is 196 Å². The molecular formula is C27H34N4O2. The minimum Gasteiger partial charge on any atom is -0.384 e. The van der Waals surface area contributed by atoms with Crippen molar-refractivity contribution in [3.8, 4) is 0 Å². The summed E-state index contributed by atoms with van der Waals surface area (Å²) in [6, 6.07) is 13.7. The van der Waals surface area contributed by atoms with Crippen molar-refractivity contribution in [2.45, 2.75) is 63.8 Å². The standard InChI is InChI=1S/C27H34N4O2/c1-30(23-7-3-2-4-8-23)27(33)22-14-15-24-21(18-22)6-5-17-31(24)25(32)16-11-19-9-12-20(13-10-19)26(28)29/h9-10,12-15,18,23H,2-8,11,16-17H2,1H3,(H3,28,29). The molecular weight excluding hydrogens is 412 g/mol. The fourth-order valence-electron chi connectivity index (χ4n) is 5.06. The number of carbonyl (C=O) groups is 2. The van der Waals surface area contributed by atoms with E-state index >= 15 is 0 Å². The van der Waals surface area contributed by atoms with E-state index in [9.17, 15) is 9.59 Å². The molecule has 3 N–H and O–H groups in total. The normalized spacial score (nSPS) is 16.2. The number of benzene rings is 2. The Hall–Kier alpha value is -3.15. The van der Waals surface area contributed by atoms with Crippen LogP contribution in [0.25, 0.3) is 0 Å². The molecule has 1 fully saturated rings. The highest BCUT2D eigenvalue weighted by Crippen LogP contribution is 2.30. The maximum atomic E-state index is 13.1. The zero-order valence-electron chi connectivity index (χ0n) is 19.5. The van der Waals surface area contributed by atoms with Crippen LogP contribution in [0.5, 0.6) is 0 Å². The van der Waals surface area contributed by atoms with Crippen molar-refractivity contribution in [3.63, 3.8) is 0 Å². The SMILES string of the molecule is CN(C(=O)c1ccc2c(c1)CCCN2C(=O)CCc1ccc(C(=N)N)cc1)C1CCCCC1. The van der Waals surface area contributed by atoms with E-state index in [-0.39, 0.29) is 17.6 Å². The predicted octanol–water partition coefficient (Wildman–Crippen LogP) is 4.29. The second-order valence-corrected chi connectivity index (χ2v) is 9.31. The topological polar surface area (TPSA) is 90.5 Å². The summed E-state index contributed by atoms with van der Waals surface area (Å²) in [5.41, 5.74) is 10.0. The molecule has 0 spiro atoms. The molecule has 2 amide bonds. The van der Waals surface area contributed by atoms with Gasteiger partial charge in [0.1, 0.15) is 5.84 Å². The zero-order chi connectivity index (χ0) is 23.4. The second kappa shape index (κ2) is 10.2. The van der Waals surface area contributed by atoms with Crippen molar-refractivity contribution >= 4 is 23.3 Å². The smallest absolute Gasteiger partial charge is 0.253 e. The van der Waals surface area contributed by atoms with Gasteiger partial charge in [0.25, 0.3) is 5.91 Å². The number of anilines is 1. The van der Waals surface area contributed by atoms with Crippen LogP contribution >= 0.6 is 0 Å². The molecule has 1 aliphatic heterocycles. The number of nitrogens with two attached hydrogens (primary N) is 1. The summed E-state index contributed by atoms with van der Waals surface area (Å²) >= 11 is 0. The molecule has 0 atom stereocenters. The number of aryl methyl sites for hydroxylation is 2. The highest BCUT2D eigenvalue weighted by molar-refractivity contribution is 5.98. The quantitative estimate of drug-likeness (QED) is 0.512. The van der Waals surface area contributed by atoms with Gasteiger partial charge < -0.3 is 15.5 Å². The van der Waals surface area contributed by atoms with E-state index in [1.807, 2.05) is 59.3 Å². The van der Waals surface area contributed by atoms with Gasteiger partial charge in [0.2, 0.25) is 5.91 Å². The van der Waals surface area contributed by atoms with Crippen LogP contribution in [0.4, 0.5) is 5.69 Å². The van der Waals surface area contributed by atoms with Crippen LogP contribution in [0.2, 0.25) is 0 Å². The highest BCUT2D eigenvalue weighted by atomic mass is 16.2. The van der Waals surface area contributed by atoms with E-state index in [0.717, 1.165) is 48.1 Å². The number of rotatable bonds is 6. The Morgan fingerprint density at radius 2 is 1.73 bits per heavy atom. The molecule has 1 heterocycles. The number of carbonyl (C=O) groups excluding carboxylic acids is 2. The third-order valence-corrected chi connectivity index (χ3v) is 7.08. The van der Waals surface area contributed by atoms with Crippen molar-refractivity contribution in [2.24, 2.45) is 5.73 Å². The van der Waals surface area contributed by atoms with Crippen LogP contribution in [-0.2, 0) is 17.6 Å². The van der Waals surface area contributed by atoms with Crippen LogP contribution in [0.15, 0.2) is 42.5 Å². The van der Waals surface area contributed by atoms with Gasteiger partial charge in [0, 0.05) is 42.9 Å². The van der Waals surface area contributed by atoms with Gasteiger partial charge in [0.15, 0.2) is 0 Å². The molecule has 6 nitrogen and oxygen atoms in total. The van der Waals surface area contributed by atoms with E-state index in [1.54, 1.807) is 0 Å². The molecule has 0 aromatic heterocycles. The number of nitrogens with one attached hydrogen (secondary N) is 1. The maximum Gasteiger partial charge on any atom is 0.253 e. The monoisotopic (exact) mass is 446 g/mol. The Morgan fingerprint density at radius 1 is 1.03 bits per heavy atom. The lowest BCUT2D eigenvalue weighted by Crippen LogP contribution is -2.39. The summed E-state index contributed by atoms with van der Waals surface area (Å²) in [6.45, 7) is 0.713. The first-order valence-electron chi connectivity index (χ1n) is 12.1. The summed E-state index contributed by atoms with van der Waals surface area (Å²) in [5.74, 6) is 0.234. The van der Waals surface area contributed by atoms with Crippen LogP contribution in [-0.4, -0.2) is 42.2 Å². The van der Waals surface area contributed by atoms with Crippen molar-refractivity contribution in [1.29, 1.82) is 5.41 Å². The molecule has 2 aliphatic rings. The van der Waals surface area contributed by atoms with Gasteiger partial charge in [-0.25, -0.2) is 0 Å². The van der Waals surface area contributed by atoms with Crippen LogP contribution in [0.3, 0.4) is 0 Å². The summed E-state index contributed by atoms with van der Waals surface area (Å²) in [5, 5.41) is 7.49. The third-order valence-electron chi connectivity index (χ3n) is 7.08. The first kappa shape index (κ1) is 23.0. The van der Waals surface area contributed by atoms with Gasteiger partial charge in [-0.3, -0.25) is 15.0 Å². The Bertz CT molecular complexity index is 1020. The van der Waals surface area contributed by atoms with E-state index < -0.39 is 0 Å². The average molecular weight is 447 g/mol. The Balaban J connectivity index is 1.42. The molecule has 1 aliphatic carbocycles. The van der Waals surface area contributed by atoms with Gasteiger partial charge in [-0.2, -0.15) is 0 Å². The van der Waals surface area contributed by atoms with E-state index in [4.69, 9.17) is 11.1 Å². The lowest BCUT2D eigenvalue weighted by atomic mass is 9.93.